The van der Waals surface area contributed by atoms with E-state index in [0.29, 0.717) is 51.0 Å². The number of halogens is 4. The molecule has 1 aliphatic heterocycles. The van der Waals surface area contributed by atoms with E-state index in [1.807, 2.05) is 0 Å². The Hall–Kier alpha value is -3.24. The lowest BCUT2D eigenvalue weighted by atomic mass is 10.1. The summed E-state index contributed by atoms with van der Waals surface area (Å²) in [6.07, 6.45) is 1.48. The summed E-state index contributed by atoms with van der Waals surface area (Å²) in [5.41, 5.74) is 1.52. The van der Waals surface area contributed by atoms with Gasteiger partial charge in [0.15, 0.2) is 11.5 Å². The maximum Gasteiger partial charge on any atom is 0.294 e. The molecule has 39 heavy (non-hydrogen) atoms. The predicted molar refractivity (Wildman–Crippen MR) is 151 cm³/mol. The van der Waals surface area contributed by atoms with Crippen LogP contribution < -0.4 is 14.8 Å². The van der Waals surface area contributed by atoms with Crippen molar-refractivity contribution in [2.45, 2.75) is 13.5 Å². The van der Waals surface area contributed by atoms with Gasteiger partial charge in [0.25, 0.3) is 11.1 Å². The van der Waals surface area contributed by atoms with E-state index in [1.54, 1.807) is 37.3 Å². The minimum atomic E-state index is -0.633. The topological polar surface area (TPSA) is 84.9 Å². The first-order valence-corrected chi connectivity index (χ1v) is 13.4. The van der Waals surface area contributed by atoms with Crippen LogP contribution in [0.2, 0.25) is 15.1 Å². The van der Waals surface area contributed by atoms with Crippen molar-refractivity contribution in [2.75, 3.05) is 18.5 Å². The van der Waals surface area contributed by atoms with Crippen molar-refractivity contribution >= 4 is 75.4 Å². The highest BCUT2D eigenvalue weighted by Crippen LogP contribution is 2.40. The van der Waals surface area contributed by atoms with Crippen molar-refractivity contribution in [3.05, 3.63) is 91.5 Å². The van der Waals surface area contributed by atoms with Crippen LogP contribution in [0.1, 0.15) is 18.1 Å². The molecule has 0 aliphatic carbocycles. The van der Waals surface area contributed by atoms with E-state index in [2.05, 4.69) is 5.32 Å². The van der Waals surface area contributed by atoms with E-state index in [-0.39, 0.29) is 22.3 Å². The normalized spacial score (nSPS) is 14.2. The number of carbonyl (C=O) groups excluding carboxylic acids is 3. The summed E-state index contributed by atoms with van der Waals surface area (Å²) in [7, 11) is 0. The smallest absolute Gasteiger partial charge is 0.294 e. The molecular weight excluding hydrogens is 590 g/mol. The zero-order chi connectivity index (χ0) is 28.1. The highest BCUT2D eigenvalue weighted by atomic mass is 35.5. The molecule has 0 unspecified atom stereocenters. The number of imide groups is 1. The molecule has 1 heterocycles. The van der Waals surface area contributed by atoms with Crippen LogP contribution in [-0.4, -0.2) is 35.1 Å². The Bertz CT molecular complexity index is 1470. The van der Waals surface area contributed by atoms with Gasteiger partial charge < -0.3 is 14.8 Å². The van der Waals surface area contributed by atoms with Crippen LogP contribution in [0.3, 0.4) is 0 Å². The first-order valence-electron chi connectivity index (χ1n) is 11.5. The Morgan fingerprint density at radius 3 is 2.46 bits per heavy atom. The molecule has 1 saturated heterocycles. The molecule has 0 bridgehead atoms. The van der Waals surface area contributed by atoms with Gasteiger partial charge in [-0.15, -0.1) is 0 Å². The summed E-state index contributed by atoms with van der Waals surface area (Å²) in [5.74, 6) is -1.08. The van der Waals surface area contributed by atoms with Gasteiger partial charge in [0.1, 0.15) is 19.0 Å². The lowest BCUT2D eigenvalue weighted by Crippen LogP contribution is -2.36. The number of thioether (sulfide) groups is 1. The van der Waals surface area contributed by atoms with E-state index in [4.69, 9.17) is 44.3 Å². The third-order valence-corrected chi connectivity index (χ3v) is 7.09. The van der Waals surface area contributed by atoms with Crippen LogP contribution in [0, 0.1) is 5.82 Å². The lowest BCUT2D eigenvalue weighted by Gasteiger charge is -2.15. The van der Waals surface area contributed by atoms with E-state index >= 15 is 0 Å². The quantitative estimate of drug-likeness (QED) is 0.254. The largest absolute Gasteiger partial charge is 0.490 e. The van der Waals surface area contributed by atoms with Gasteiger partial charge in [-0.1, -0.05) is 40.9 Å². The standard InChI is InChI=1S/C27H20Cl3FN2O5S/c1-2-37-22-10-15(9-21(30)25(22)38-14-16-3-4-17(28)12-20(16)29)11-23-26(35)33(27(36)39-23)13-24(34)32-19-7-5-18(31)6-8-19/h3-12H,2,13-14H2,1H3,(H,32,34)/b23-11-. The van der Waals surface area contributed by atoms with Gasteiger partial charge in [0, 0.05) is 21.3 Å². The van der Waals surface area contributed by atoms with E-state index in [0.717, 1.165) is 4.90 Å². The maximum absolute atomic E-state index is 13.1. The number of carbonyl (C=O) groups is 3. The van der Waals surface area contributed by atoms with E-state index in [9.17, 15) is 18.8 Å². The summed E-state index contributed by atoms with van der Waals surface area (Å²) >= 11 is 19.4. The third kappa shape index (κ3) is 7.24. The third-order valence-electron chi connectivity index (χ3n) is 5.32. The van der Waals surface area contributed by atoms with Crippen molar-refractivity contribution < 1.29 is 28.2 Å². The molecule has 3 aromatic carbocycles. The molecule has 3 amide bonds. The molecule has 7 nitrogen and oxygen atoms in total. The Balaban J connectivity index is 1.49. The highest BCUT2D eigenvalue weighted by molar-refractivity contribution is 8.18. The summed E-state index contributed by atoms with van der Waals surface area (Å²) in [4.78, 5) is 38.7. The minimum absolute atomic E-state index is 0.105. The van der Waals surface area contributed by atoms with Crippen LogP contribution in [0.5, 0.6) is 11.5 Å². The SMILES string of the molecule is CCOc1cc(/C=C2\SC(=O)N(CC(=O)Nc3ccc(F)cc3)C2=O)cc(Cl)c1OCc1ccc(Cl)cc1Cl. The average Bonchev–Trinajstić information content (AvgIpc) is 3.13. The fourth-order valence-electron chi connectivity index (χ4n) is 3.53. The van der Waals surface area contributed by atoms with Gasteiger partial charge in [0.05, 0.1) is 16.5 Å². The Morgan fingerprint density at radius 1 is 1.03 bits per heavy atom. The van der Waals surface area contributed by atoms with Crippen molar-refractivity contribution in [2.24, 2.45) is 0 Å². The number of nitrogens with zero attached hydrogens (tertiary/aromatic N) is 1. The number of hydrogen-bond donors (Lipinski definition) is 1. The molecule has 0 aromatic heterocycles. The molecule has 4 rings (SSSR count). The summed E-state index contributed by atoms with van der Waals surface area (Å²) in [5, 5.41) is 3.08. The number of nitrogens with one attached hydrogen (secondary N) is 1. The molecule has 1 N–H and O–H groups in total. The van der Waals surface area contributed by atoms with Gasteiger partial charge in [-0.05, 0) is 78.9 Å². The van der Waals surface area contributed by atoms with Crippen molar-refractivity contribution in [3.63, 3.8) is 0 Å². The van der Waals surface area contributed by atoms with Gasteiger partial charge in [-0.3, -0.25) is 19.3 Å². The van der Waals surface area contributed by atoms with Crippen LogP contribution >= 0.6 is 46.6 Å². The summed E-state index contributed by atoms with van der Waals surface area (Å²) in [6.45, 7) is 1.72. The number of amides is 3. The molecule has 12 heteroatoms. The number of hydrogen-bond acceptors (Lipinski definition) is 6. The van der Waals surface area contributed by atoms with Crippen molar-refractivity contribution in [1.29, 1.82) is 0 Å². The molecule has 0 saturated carbocycles. The summed E-state index contributed by atoms with van der Waals surface area (Å²) in [6, 6.07) is 13.3. The Labute approximate surface area is 242 Å². The van der Waals surface area contributed by atoms with Crippen LogP contribution in [0.25, 0.3) is 6.08 Å². The first-order chi connectivity index (χ1) is 18.6. The molecular formula is C27H20Cl3FN2O5S. The van der Waals surface area contributed by atoms with E-state index in [1.165, 1.54) is 30.3 Å². The number of anilines is 1. The second-order valence-corrected chi connectivity index (χ2v) is 10.4. The molecule has 0 spiro atoms. The number of benzene rings is 3. The minimum Gasteiger partial charge on any atom is -0.490 e. The Kier molecular flexibility index (Phi) is 9.40. The molecule has 1 aliphatic rings. The monoisotopic (exact) mass is 608 g/mol. The molecule has 202 valence electrons. The van der Waals surface area contributed by atoms with Gasteiger partial charge in [-0.2, -0.15) is 0 Å². The van der Waals surface area contributed by atoms with Crippen LogP contribution in [0.15, 0.2) is 59.5 Å². The molecule has 3 aromatic rings. The first kappa shape index (κ1) is 28.8. The number of ether oxygens (including phenoxy) is 2. The van der Waals surface area contributed by atoms with Gasteiger partial charge >= 0.3 is 0 Å². The second-order valence-electron chi connectivity index (χ2n) is 8.11. The van der Waals surface area contributed by atoms with Crippen molar-refractivity contribution in [3.8, 4) is 11.5 Å². The maximum atomic E-state index is 13.1. The lowest BCUT2D eigenvalue weighted by molar-refractivity contribution is -0.127. The zero-order valence-electron chi connectivity index (χ0n) is 20.3. The predicted octanol–water partition coefficient (Wildman–Crippen LogP) is 7.44. The molecule has 1 fully saturated rings. The fraction of sp³-hybridized carbons (Fsp3) is 0.148. The van der Waals surface area contributed by atoms with Crippen LogP contribution in [-0.2, 0) is 16.2 Å². The molecule has 0 atom stereocenters. The Morgan fingerprint density at radius 2 is 1.77 bits per heavy atom. The fourth-order valence-corrected chi connectivity index (χ4v) is 5.10. The molecule has 0 radical (unpaired) electrons. The highest BCUT2D eigenvalue weighted by Gasteiger charge is 2.36. The summed E-state index contributed by atoms with van der Waals surface area (Å²) < 4.78 is 24.7. The number of rotatable bonds is 9. The van der Waals surface area contributed by atoms with E-state index < -0.39 is 29.4 Å². The second kappa shape index (κ2) is 12.7. The van der Waals surface area contributed by atoms with Crippen LogP contribution in [0.4, 0.5) is 14.9 Å². The van der Waals surface area contributed by atoms with Gasteiger partial charge in [-0.25, -0.2) is 4.39 Å². The van der Waals surface area contributed by atoms with Crippen molar-refractivity contribution in [1.82, 2.24) is 4.90 Å². The average molecular weight is 610 g/mol. The van der Waals surface area contributed by atoms with Gasteiger partial charge in [0.2, 0.25) is 5.91 Å². The zero-order valence-corrected chi connectivity index (χ0v) is 23.4.